The van der Waals surface area contributed by atoms with Gasteiger partial charge in [0.2, 0.25) is 0 Å². The molecule has 2 nitrogen and oxygen atoms in total. The zero-order valence-corrected chi connectivity index (χ0v) is 12.4. The summed E-state index contributed by atoms with van der Waals surface area (Å²) in [7, 11) is 1.79. The van der Waals surface area contributed by atoms with Gasteiger partial charge in [0, 0.05) is 19.8 Å². The molecule has 1 N–H and O–H groups in total. The van der Waals surface area contributed by atoms with Gasteiger partial charge in [-0.3, -0.25) is 0 Å². The van der Waals surface area contributed by atoms with Crippen molar-refractivity contribution in [2.75, 3.05) is 20.3 Å². The highest BCUT2D eigenvalue weighted by atomic mass is 16.5. The Labute approximate surface area is 114 Å². The van der Waals surface area contributed by atoms with Crippen LogP contribution < -0.4 is 5.32 Å². The van der Waals surface area contributed by atoms with Gasteiger partial charge in [-0.15, -0.1) is 0 Å². The normalized spacial score (nSPS) is 21.2. The SMILES string of the molecule is COCCCNC1CCCCCCCCCCC1. The molecule has 0 atom stereocenters. The Morgan fingerprint density at radius 3 is 1.83 bits per heavy atom. The first kappa shape index (κ1) is 16.0. The molecule has 1 saturated carbocycles. The summed E-state index contributed by atoms with van der Waals surface area (Å²) in [5.41, 5.74) is 0. The molecule has 0 aromatic heterocycles. The first-order chi connectivity index (χ1) is 8.93. The molecule has 0 aromatic carbocycles. The van der Waals surface area contributed by atoms with E-state index >= 15 is 0 Å². The zero-order valence-electron chi connectivity index (χ0n) is 12.4. The summed E-state index contributed by atoms with van der Waals surface area (Å²) in [6, 6.07) is 0.765. The number of rotatable bonds is 5. The molecule has 0 radical (unpaired) electrons. The van der Waals surface area contributed by atoms with E-state index in [1.54, 1.807) is 7.11 Å². The Morgan fingerprint density at radius 2 is 1.33 bits per heavy atom. The third-order valence-corrected chi connectivity index (χ3v) is 4.06. The largest absolute Gasteiger partial charge is 0.385 e. The molecule has 0 unspecified atom stereocenters. The van der Waals surface area contributed by atoms with Crippen molar-refractivity contribution in [2.24, 2.45) is 0 Å². The number of hydrogen-bond donors (Lipinski definition) is 1. The van der Waals surface area contributed by atoms with Gasteiger partial charge in [0.25, 0.3) is 0 Å². The van der Waals surface area contributed by atoms with E-state index in [0.717, 1.165) is 25.6 Å². The van der Waals surface area contributed by atoms with Gasteiger partial charge >= 0.3 is 0 Å². The molecule has 0 heterocycles. The number of nitrogens with one attached hydrogen (secondary N) is 1. The van der Waals surface area contributed by atoms with Crippen molar-refractivity contribution in [1.29, 1.82) is 0 Å². The zero-order chi connectivity index (χ0) is 12.9. The second-order valence-electron chi connectivity index (χ2n) is 5.76. The highest BCUT2D eigenvalue weighted by Crippen LogP contribution is 2.16. The molecule has 1 fully saturated rings. The van der Waals surface area contributed by atoms with E-state index in [1.165, 1.54) is 70.6 Å². The molecule has 1 aliphatic rings. The summed E-state index contributed by atoms with van der Waals surface area (Å²) < 4.78 is 5.10. The van der Waals surface area contributed by atoms with Crippen LogP contribution in [0, 0.1) is 0 Å². The predicted octanol–water partition coefficient (Wildman–Crippen LogP) is 4.29. The maximum atomic E-state index is 5.10. The number of methoxy groups -OCH3 is 1. The van der Waals surface area contributed by atoms with E-state index in [1.807, 2.05) is 0 Å². The lowest BCUT2D eigenvalue weighted by Gasteiger charge is -2.19. The van der Waals surface area contributed by atoms with E-state index in [9.17, 15) is 0 Å². The van der Waals surface area contributed by atoms with Crippen LogP contribution in [0.3, 0.4) is 0 Å². The summed E-state index contributed by atoms with van der Waals surface area (Å²) in [6.07, 6.45) is 16.9. The van der Waals surface area contributed by atoms with Crippen molar-refractivity contribution < 1.29 is 4.74 Å². The van der Waals surface area contributed by atoms with Crippen molar-refractivity contribution in [3.05, 3.63) is 0 Å². The topological polar surface area (TPSA) is 21.3 Å². The molecule has 18 heavy (non-hydrogen) atoms. The van der Waals surface area contributed by atoms with Crippen LogP contribution >= 0.6 is 0 Å². The molecule has 0 aliphatic heterocycles. The van der Waals surface area contributed by atoms with Crippen molar-refractivity contribution in [3.63, 3.8) is 0 Å². The quantitative estimate of drug-likeness (QED) is 0.740. The average Bonchev–Trinajstić information content (AvgIpc) is 2.37. The third-order valence-electron chi connectivity index (χ3n) is 4.06. The van der Waals surface area contributed by atoms with Crippen LogP contribution in [0.4, 0.5) is 0 Å². The van der Waals surface area contributed by atoms with Crippen molar-refractivity contribution in [3.8, 4) is 0 Å². The molecule has 108 valence electrons. The van der Waals surface area contributed by atoms with Crippen molar-refractivity contribution in [2.45, 2.75) is 83.1 Å². The smallest absolute Gasteiger partial charge is 0.0474 e. The van der Waals surface area contributed by atoms with Crippen LogP contribution in [0.1, 0.15) is 77.0 Å². The molecular weight excluding hydrogens is 222 g/mol. The van der Waals surface area contributed by atoms with Gasteiger partial charge in [0.05, 0.1) is 0 Å². The Balaban J connectivity index is 2.14. The molecule has 1 rings (SSSR count). The van der Waals surface area contributed by atoms with Crippen LogP contribution in [-0.2, 0) is 4.74 Å². The predicted molar refractivity (Wildman–Crippen MR) is 79.1 cm³/mol. The Hall–Kier alpha value is -0.0800. The van der Waals surface area contributed by atoms with E-state index in [-0.39, 0.29) is 0 Å². The highest BCUT2D eigenvalue weighted by molar-refractivity contribution is 4.68. The summed E-state index contributed by atoms with van der Waals surface area (Å²) >= 11 is 0. The van der Waals surface area contributed by atoms with Gasteiger partial charge in [0.1, 0.15) is 0 Å². The van der Waals surface area contributed by atoms with Gasteiger partial charge < -0.3 is 10.1 Å². The Morgan fingerprint density at radius 1 is 0.833 bits per heavy atom. The van der Waals surface area contributed by atoms with E-state index in [0.29, 0.717) is 0 Å². The van der Waals surface area contributed by atoms with Crippen LogP contribution in [-0.4, -0.2) is 26.3 Å². The van der Waals surface area contributed by atoms with Gasteiger partial charge in [-0.2, -0.15) is 0 Å². The fraction of sp³-hybridized carbons (Fsp3) is 1.00. The fourth-order valence-electron chi connectivity index (χ4n) is 2.89. The van der Waals surface area contributed by atoms with Gasteiger partial charge in [-0.1, -0.05) is 57.8 Å². The Bertz CT molecular complexity index is 158. The van der Waals surface area contributed by atoms with Crippen LogP contribution in [0.15, 0.2) is 0 Å². The minimum absolute atomic E-state index is 0.765. The maximum Gasteiger partial charge on any atom is 0.0474 e. The molecule has 0 amide bonds. The standard InChI is InChI=1S/C16H33NO/c1-18-15-11-14-17-16-12-9-7-5-3-2-4-6-8-10-13-16/h16-17H,2-15H2,1H3. The second kappa shape index (κ2) is 12.0. The fourth-order valence-corrected chi connectivity index (χ4v) is 2.89. The van der Waals surface area contributed by atoms with Gasteiger partial charge in [-0.05, 0) is 25.8 Å². The maximum absolute atomic E-state index is 5.10. The third kappa shape index (κ3) is 8.93. The van der Waals surface area contributed by atoms with Crippen molar-refractivity contribution >= 4 is 0 Å². The highest BCUT2D eigenvalue weighted by Gasteiger charge is 2.08. The first-order valence-corrected chi connectivity index (χ1v) is 8.16. The summed E-state index contributed by atoms with van der Waals surface area (Å²) in [6.45, 7) is 2.01. The number of hydrogen-bond acceptors (Lipinski definition) is 2. The minimum atomic E-state index is 0.765. The number of ether oxygens (including phenoxy) is 1. The lowest BCUT2D eigenvalue weighted by molar-refractivity contribution is 0.192. The lowest BCUT2D eigenvalue weighted by atomic mass is 9.98. The molecule has 2 heteroatoms. The summed E-state index contributed by atoms with van der Waals surface area (Å²) in [5, 5.41) is 3.73. The summed E-state index contributed by atoms with van der Waals surface area (Å²) in [5.74, 6) is 0. The van der Waals surface area contributed by atoms with Crippen LogP contribution in [0.25, 0.3) is 0 Å². The van der Waals surface area contributed by atoms with Crippen LogP contribution in [0.5, 0.6) is 0 Å². The van der Waals surface area contributed by atoms with E-state index in [2.05, 4.69) is 5.32 Å². The van der Waals surface area contributed by atoms with Gasteiger partial charge in [0.15, 0.2) is 0 Å². The van der Waals surface area contributed by atoms with Gasteiger partial charge in [-0.25, -0.2) is 0 Å². The molecule has 1 aliphatic carbocycles. The first-order valence-electron chi connectivity index (χ1n) is 8.16. The average molecular weight is 255 g/mol. The van der Waals surface area contributed by atoms with Crippen molar-refractivity contribution in [1.82, 2.24) is 5.32 Å². The Kier molecular flexibility index (Phi) is 10.6. The second-order valence-corrected chi connectivity index (χ2v) is 5.76. The molecule has 0 saturated heterocycles. The molecular formula is C16H33NO. The lowest BCUT2D eigenvalue weighted by Crippen LogP contribution is -2.30. The minimum Gasteiger partial charge on any atom is -0.385 e. The molecule has 0 aromatic rings. The summed E-state index contributed by atoms with van der Waals surface area (Å²) in [4.78, 5) is 0. The van der Waals surface area contributed by atoms with Crippen LogP contribution in [0.2, 0.25) is 0 Å². The molecule has 0 bridgehead atoms. The van der Waals surface area contributed by atoms with E-state index in [4.69, 9.17) is 4.74 Å². The monoisotopic (exact) mass is 255 g/mol. The molecule has 0 spiro atoms. The van der Waals surface area contributed by atoms with E-state index < -0.39 is 0 Å².